The first-order chi connectivity index (χ1) is 9.28. The summed E-state index contributed by atoms with van der Waals surface area (Å²) in [6.07, 6.45) is 3.98. The van der Waals surface area contributed by atoms with Crippen LogP contribution < -0.4 is 15.5 Å². The minimum absolute atomic E-state index is 0.0136. The van der Waals surface area contributed by atoms with Gasteiger partial charge in [-0.05, 0) is 36.6 Å². The van der Waals surface area contributed by atoms with Crippen LogP contribution >= 0.6 is 11.8 Å². The number of thioether (sulfide) groups is 1. The molecule has 0 amide bonds. The summed E-state index contributed by atoms with van der Waals surface area (Å²) in [6, 6.07) is 14.7. The van der Waals surface area contributed by atoms with E-state index in [9.17, 15) is 4.39 Å². The molecule has 0 aliphatic carbocycles. The first-order valence-electron chi connectivity index (χ1n) is 5.99. The molecule has 2 aromatic rings. The van der Waals surface area contributed by atoms with Crippen LogP contribution in [0.1, 0.15) is 0 Å². The van der Waals surface area contributed by atoms with Gasteiger partial charge in [-0.15, -0.1) is 11.8 Å². The normalized spacial score (nSPS) is 17.4. The Labute approximate surface area is 115 Å². The highest BCUT2D eigenvalue weighted by Gasteiger charge is 2.17. The molecular weight excluding hydrogens is 259 g/mol. The van der Waals surface area contributed by atoms with Crippen molar-refractivity contribution in [2.24, 2.45) is 4.99 Å². The second-order valence-corrected chi connectivity index (χ2v) is 5.16. The average molecular weight is 272 g/mol. The molecule has 0 spiro atoms. The van der Waals surface area contributed by atoms with Crippen molar-refractivity contribution < 1.29 is 4.39 Å². The van der Waals surface area contributed by atoms with Gasteiger partial charge in [0.1, 0.15) is 5.82 Å². The monoisotopic (exact) mass is 272 g/mol. The maximum absolute atomic E-state index is 13.3. The predicted molar refractivity (Wildman–Crippen MR) is 77.9 cm³/mol. The van der Waals surface area contributed by atoms with Crippen molar-refractivity contribution >= 4 is 23.6 Å². The van der Waals surface area contributed by atoms with Crippen LogP contribution in [0.4, 0.5) is 10.1 Å². The molecule has 1 aliphatic rings. The van der Waals surface area contributed by atoms with Crippen molar-refractivity contribution in [2.45, 2.75) is 5.50 Å². The van der Waals surface area contributed by atoms with Gasteiger partial charge >= 0.3 is 0 Å². The molecule has 0 aromatic heterocycles. The third kappa shape index (κ3) is 2.36. The highest BCUT2D eigenvalue weighted by atomic mass is 32.2. The molecule has 1 atom stereocenters. The van der Waals surface area contributed by atoms with Gasteiger partial charge in [0, 0.05) is 17.1 Å². The Bertz CT molecular complexity index is 700. The Morgan fingerprint density at radius 1 is 1.16 bits per heavy atom. The topological polar surface area (TPSA) is 15.6 Å². The molecule has 0 bridgehead atoms. The van der Waals surface area contributed by atoms with Crippen LogP contribution in [-0.4, -0.2) is 11.8 Å². The van der Waals surface area contributed by atoms with Crippen molar-refractivity contribution in [3.8, 4) is 0 Å². The molecule has 0 saturated carbocycles. The summed E-state index contributed by atoms with van der Waals surface area (Å²) in [6.45, 7) is 0. The van der Waals surface area contributed by atoms with E-state index in [4.69, 9.17) is 0 Å². The van der Waals surface area contributed by atoms with Crippen molar-refractivity contribution in [2.75, 3.05) is 11.2 Å². The number of anilines is 1. The summed E-state index contributed by atoms with van der Waals surface area (Å²) < 4.78 is 13.3. The molecule has 0 radical (unpaired) electrons. The zero-order valence-corrected chi connectivity index (χ0v) is 11.3. The molecule has 19 heavy (non-hydrogen) atoms. The van der Waals surface area contributed by atoms with Gasteiger partial charge in [-0.2, -0.15) is 0 Å². The molecule has 2 aromatic carbocycles. The molecule has 1 heterocycles. The SMILES string of the molecule is CSC1N=c2ccc(F)cc2=CN1c1ccccc1. The van der Waals surface area contributed by atoms with Crippen LogP contribution in [0.3, 0.4) is 0 Å². The second kappa shape index (κ2) is 5.05. The van der Waals surface area contributed by atoms with E-state index in [0.717, 1.165) is 16.3 Å². The fraction of sp³-hybridized carbons (Fsp3) is 0.133. The van der Waals surface area contributed by atoms with E-state index in [2.05, 4.69) is 9.89 Å². The van der Waals surface area contributed by atoms with Crippen LogP contribution in [0.2, 0.25) is 0 Å². The van der Waals surface area contributed by atoms with Gasteiger partial charge < -0.3 is 4.90 Å². The van der Waals surface area contributed by atoms with Gasteiger partial charge in [-0.1, -0.05) is 18.2 Å². The summed E-state index contributed by atoms with van der Waals surface area (Å²) in [5.74, 6) is -0.235. The quantitative estimate of drug-likeness (QED) is 0.834. The van der Waals surface area contributed by atoms with Crippen LogP contribution in [0, 0.1) is 5.82 Å². The number of rotatable bonds is 2. The zero-order chi connectivity index (χ0) is 13.2. The smallest absolute Gasteiger partial charge is 0.173 e. The molecule has 3 rings (SSSR count). The van der Waals surface area contributed by atoms with E-state index in [1.807, 2.05) is 42.8 Å². The number of hydrogen-bond acceptors (Lipinski definition) is 3. The molecule has 0 N–H and O–H groups in total. The van der Waals surface area contributed by atoms with Crippen molar-refractivity contribution in [3.05, 3.63) is 64.9 Å². The Hall–Kier alpha value is -1.81. The molecular formula is C15H13FN2S. The van der Waals surface area contributed by atoms with E-state index in [1.165, 1.54) is 12.1 Å². The number of benzene rings is 2. The van der Waals surface area contributed by atoms with E-state index in [0.29, 0.717) is 0 Å². The first kappa shape index (κ1) is 12.2. The maximum Gasteiger partial charge on any atom is 0.173 e. The number of fused-ring (bicyclic) bond motifs is 1. The van der Waals surface area contributed by atoms with Crippen molar-refractivity contribution in [1.29, 1.82) is 0 Å². The summed E-state index contributed by atoms with van der Waals surface area (Å²) in [5.41, 5.74) is 1.04. The van der Waals surface area contributed by atoms with Crippen LogP contribution in [0.25, 0.3) is 6.20 Å². The minimum Gasteiger partial charge on any atom is -0.316 e. The lowest BCUT2D eigenvalue weighted by Crippen LogP contribution is -2.40. The fourth-order valence-electron chi connectivity index (χ4n) is 2.11. The van der Waals surface area contributed by atoms with Crippen LogP contribution in [0.15, 0.2) is 53.5 Å². The number of halogens is 1. The van der Waals surface area contributed by atoms with E-state index < -0.39 is 0 Å². The van der Waals surface area contributed by atoms with Crippen LogP contribution in [0.5, 0.6) is 0 Å². The van der Waals surface area contributed by atoms with Crippen molar-refractivity contribution in [1.82, 2.24) is 0 Å². The summed E-state index contributed by atoms with van der Waals surface area (Å²) in [4.78, 5) is 6.72. The third-order valence-electron chi connectivity index (χ3n) is 3.02. The van der Waals surface area contributed by atoms with Crippen molar-refractivity contribution in [3.63, 3.8) is 0 Å². The summed E-state index contributed by atoms with van der Waals surface area (Å²) in [7, 11) is 0. The lowest BCUT2D eigenvalue weighted by atomic mass is 10.2. The molecule has 2 nitrogen and oxygen atoms in total. The molecule has 96 valence electrons. The third-order valence-corrected chi connectivity index (χ3v) is 3.77. The molecule has 0 fully saturated rings. The number of para-hydroxylation sites is 1. The van der Waals surface area contributed by atoms with Gasteiger partial charge in [0.2, 0.25) is 0 Å². The van der Waals surface area contributed by atoms with E-state index in [1.54, 1.807) is 17.8 Å². The molecule has 0 saturated heterocycles. The summed E-state index contributed by atoms with van der Waals surface area (Å²) >= 11 is 1.65. The lowest BCUT2D eigenvalue weighted by Gasteiger charge is -2.28. The van der Waals surface area contributed by atoms with Crippen LogP contribution in [-0.2, 0) is 0 Å². The molecule has 4 heteroatoms. The Kier molecular flexibility index (Phi) is 3.25. The van der Waals surface area contributed by atoms with Gasteiger partial charge in [0.15, 0.2) is 5.50 Å². The Balaban J connectivity index is 2.15. The van der Waals surface area contributed by atoms with E-state index in [-0.39, 0.29) is 11.3 Å². The minimum atomic E-state index is -0.235. The van der Waals surface area contributed by atoms with Gasteiger partial charge in [-0.3, -0.25) is 0 Å². The number of hydrogen-bond donors (Lipinski definition) is 0. The fourth-order valence-corrected chi connectivity index (χ4v) is 2.74. The molecule has 1 aliphatic heterocycles. The molecule has 1 unspecified atom stereocenters. The number of nitrogens with zero attached hydrogens (tertiary/aromatic N) is 2. The largest absolute Gasteiger partial charge is 0.316 e. The second-order valence-electron chi connectivity index (χ2n) is 4.27. The Morgan fingerprint density at radius 3 is 2.68 bits per heavy atom. The first-order valence-corrected chi connectivity index (χ1v) is 7.28. The predicted octanol–water partition coefficient (Wildman–Crippen LogP) is 2.35. The highest BCUT2D eigenvalue weighted by molar-refractivity contribution is 7.99. The van der Waals surface area contributed by atoms with Gasteiger partial charge in [0.25, 0.3) is 0 Å². The maximum atomic E-state index is 13.3. The lowest BCUT2D eigenvalue weighted by molar-refractivity contribution is 0.625. The standard InChI is InChI=1S/C15H13FN2S/c1-19-15-17-14-8-7-12(16)9-11(14)10-18(15)13-5-3-2-4-6-13/h2-10,15H,1H3. The Morgan fingerprint density at radius 2 is 1.95 bits per heavy atom. The summed E-state index contributed by atoms with van der Waals surface area (Å²) in [5, 5.41) is 1.65. The average Bonchev–Trinajstić information content (AvgIpc) is 2.46. The van der Waals surface area contributed by atoms with Gasteiger partial charge in [-0.25, -0.2) is 9.38 Å². The highest BCUT2D eigenvalue weighted by Crippen LogP contribution is 2.23. The zero-order valence-electron chi connectivity index (χ0n) is 10.5. The van der Waals surface area contributed by atoms with E-state index >= 15 is 0 Å². The van der Waals surface area contributed by atoms with Gasteiger partial charge in [0.05, 0.1) is 5.36 Å².